The molecule has 4 rings (SSSR count). The Hall–Kier alpha value is -2.78. The lowest BCUT2D eigenvalue weighted by Gasteiger charge is -2.33. The standard InChI is InChI=1S/C21H26N6O2S/c1-25-9-7-23-20(25)19(30)16-2-4-18(5-3-16)29-21(28)27-12-10-26(11-13-27)8-6-17-14-22-15-24-17/h2-5,7,9,14-15,19,30H,6,8,10-13H2,1H3,(H,22,24). The molecule has 2 aromatic heterocycles. The Labute approximate surface area is 181 Å². The van der Waals surface area contributed by atoms with Crippen molar-refractivity contribution in [3.63, 3.8) is 0 Å². The van der Waals surface area contributed by atoms with E-state index < -0.39 is 0 Å². The van der Waals surface area contributed by atoms with Crippen molar-refractivity contribution in [3.05, 3.63) is 66.3 Å². The molecule has 0 spiro atoms. The number of aryl methyl sites for hydroxylation is 1. The summed E-state index contributed by atoms with van der Waals surface area (Å²) in [4.78, 5) is 28.2. The number of hydrogen-bond acceptors (Lipinski definition) is 6. The third-order valence-electron chi connectivity index (χ3n) is 5.37. The number of benzene rings is 1. The highest BCUT2D eigenvalue weighted by Gasteiger charge is 2.23. The second-order valence-corrected chi connectivity index (χ2v) is 7.89. The first-order chi connectivity index (χ1) is 14.6. The summed E-state index contributed by atoms with van der Waals surface area (Å²) in [5.41, 5.74) is 2.06. The van der Waals surface area contributed by atoms with Crippen molar-refractivity contribution in [3.8, 4) is 5.75 Å². The third-order valence-corrected chi connectivity index (χ3v) is 5.90. The van der Waals surface area contributed by atoms with Crippen LogP contribution in [-0.4, -0.2) is 68.1 Å². The molecule has 1 amide bonds. The number of rotatable bonds is 6. The number of aromatic nitrogens is 4. The van der Waals surface area contributed by atoms with E-state index in [9.17, 15) is 4.79 Å². The summed E-state index contributed by atoms with van der Waals surface area (Å²) < 4.78 is 7.51. The van der Waals surface area contributed by atoms with E-state index in [4.69, 9.17) is 4.74 Å². The summed E-state index contributed by atoms with van der Waals surface area (Å²) >= 11 is 4.67. The molecule has 9 heteroatoms. The molecule has 0 bridgehead atoms. The first kappa shape index (κ1) is 20.5. The molecule has 1 aromatic carbocycles. The van der Waals surface area contributed by atoms with Crippen LogP contribution >= 0.6 is 12.6 Å². The Bertz CT molecular complexity index is 948. The topological polar surface area (TPSA) is 79.3 Å². The Kier molecular flexibility index (Phi) is 6.39. The Morgan fingerprint density at radius 3 is 2.60 bits per heavy atom. The smallest absolute Gasteiger partial charge is 0.410 e. The lowest BCUT2D eigenvalue weighted by atomic mass is 10.1. The van der Waals surface area contributed by atoms with Gasteiger partial charge in [0.15, 0.2) is 0 Å². The van der Waals surface area contributed by atoms with E-state index in [0.29, 0.717) is 18.8 Å². The van der Waals surface area contributed by atoms with Crippen LogP contribution < -0.4 is 4.74 Å². The van der Waals surface area contributed by atoms with Crippen molar-refractivity contribution in [1.29, 1.82) is 0 Å². The van der Waals surface area contributed by atoms with Gasteiger partial charge in [0.25, 0.3) is 0 Å². The third kappa shape index (κ3) is 4.85. The van der Waals surface area contributed by atoms with Crippen molar-refractivity contribution in [2.75, 3.05) is 32.7 Å². The number of thiol groups is 1. The number of imidazole rings is 2. The normalized spacial score (nSPS) is 15.9. The number of H-pyrrole nitrogens is 1. The summed E-state index contributed by atoms with van der Waals surface area (Å²) in [5, 5.41) is -0.135. The SMILES string of the molecule is Cn1ccnc1C(S)c1ccc(OC(=O)N2CCN(CCc3c[nH]cn3)CC2)cc1. The number of aromatic amines is 1. The molecule has 1 aliphatic rings. The molecule has 1 atom stereocenters. The molecule has 3 aromatic rings. The van der Waals surface area contributed by atoms with Crippen LogP contribution in [0.2, 0.25) is 0 Å². The molecular weight excluding hydrogens is 400 g/mol. The molecule has 158 valence electrons. The second kappa shape index (κ2) is 9.36. The van der Waals surface area contributed by atoms with Gasteiger partial charge in [0.1, 0.15) is 11.6 Å². The fourth-order valence-corrected chi connectivity index (χ4v) is 3.95. The maximum Gasteiger partial charge on any atom is 0.415 e. The first-order valence-corrected chi connectivity index (χ1v) is 10.5. The molecule has 3 heterocycles. The van der Waals surface area contributed by atoms with E-state index in [-0.39, 0.29) is 11.3 Å². The van der Waals surface area contributed by atoms with Crippen LogP contribution in [0.5, 0.6) is 5.75 Å². The van der Waals surface area contributed by atoms with Gasteiger partial charge in [0.2, 0.25) is 0 Å². The largest absolute Gasteiger partial charge is 0.415 e. The molecule has 30 heavy (non-hydrogen) atoms. The van der Waals surface area contributed by atoms with E-state index in [1.165, 1.54) is 0 Å². The van der Waals surface area contributed by atoms with Crippen LogP contribution in [0.1, 0.15) is 22.3 Å². The van der Waals surface area contributed by atoms with Gasteiger partial charge in [-0.05, 0) is 17.7 Å². The number of nitrogens with one attached hydrogen (secondary N) is 1. The van der Waals surface area contributed by atoms with Crippen LogP contribution in [0.3, 0.4) is 0 Å². The quantitative estimate of drug-likeness (QED) is 0.592. The predicted octanol–water partition coefficient (Wildman–Crippen LogP) is 2.52. The van der Waals surface area contributed by atoms with Gasteiger partial charge in [0.05, 0.1) is 17.3 Å². The molecule has 1 aliphatic heterocycles. The number of hydrogen-bond donors (Lipinski definition) is 2. The van der Waals surface area contributed by atoms with Gasteiger partial charge in [-0.25, -0.2) is 14.8 Å². The zero-order valence-corrected chi connectivity index (χ0v) is 17.8. The van der Waals surface area contributed by atoms with Gasteiger partial charge in [-0.2, -0.15) is 12.6 Å². The average molecular weight is 427 g/mol. The molecule has 1 unspecified atom stereocenters. The van der Waals surface area contributed by atoms with Crippen LogP contribution in [0.25, 0.3) is 0 Å². The molecule has 1 saturated heterocycles. The summed E-state index contributed by atoms with van der Waals surface area (Å²) in [6.07, 6.45) is 7.87. The highest BCUT2D eigenvalue weighted by molar-refractivity contribution is 7.80. The minimum absolute atomic E-state index is 0.135. The fraction of sp³-hybridized carbons (Fsp3) is 0.381. The lowest BCUT2D eigenvalue weighted by Crippen LogP contribution is -2.49. The maximum absolute atomic E-state index is 12.5. The van der Waals surface area contributed by atoms with Crippen molar-refractivity contribution in [1.82, 2.24) is 29.3 Å². The molecular formula is C21H26N6O2S. The Morgan fingerprint density at radius 1 is 1.20 bits per heavy atom. The minimum atomic E-state index is -0.304. The number of carbonyl (C=O) groups is 1. The van der Waals surface area contributed by atoms with E-state index in [1.807, 2.05) is 36.1 Å². The average Bonchev–Trinajstić information content (AvgIpc) is 3.44. The number of carbonyl (C=O) groups excluding carboxylic acids is 1. The number of ether oxygens (including phenoxy) is 1. The summed E-state index contributed by atoms with van der Waals surface area (Å²) in [5.74, 6) is 1.40. The monoisotopic (exact) mass is 426 g/mol. The highest BCUT2D eigenvalue weighted by Crippen LogP contribution is 2.28. The molecule has 1 fully saturated rings. The van der Waals surface area contributed by atoms with Crippen LogP contribution in [-0.2, 0) is 13.5 Å². The van der Waals surface area contributed by atoms with E-state index in [2.05, 4.69) is 32.5 Å². The summed E-state index contributed by atoms with van der Waals surface area (Å²) in [6.45, 7) is 3.94. The maximum atomic E-state index is 12.5. The first-order valence-electron chi connectivity index (χ1n) is 10.0. The molecule has 0 aliphatic carbocycles. The molecule has 8 nitrogen and oxygen atoms in total. The Balaban J connectivity index is 1.25. The van der Waals surface area contributed by atoms with Crippen molar-refractivity contribution in [2.24, 2.45) is 7.05 Å². The predicted molar refractivity (Wildman–Crippen MR) is 117 cm³/mol. The Morgan fingerprint density at radius 2 is 1.97 bits per heavy atom. The fourth-order valence-electron chi connectivity index (χ4n) is 3.53. The van der Waals surface area contributed by atoms with Gasteiger partial charge < -0.3 is 19.2 Å². The van der Waals surface area contributed by atoms with E-state index in [0.717, 1.165) is 43.1 Å². The molecule has 1 N–H and O–H groups in total. The highest BCUT2D eigenvalue weighted by atomic mass is 32.1. The minimum Gasteiger partial charge on any atom is -0.410 e. The van der Waals surface area contributed by atoms with E-state index >= 15 is 0 Å². The van der Waals surface area contributed by atoms with Crippen LogP contribution in [0.4, 0.5) is 4.79 Å². The summed E-state index contributed by atoms with van der Waals surface area (Å²) in [7, 11) is 1.94. The van der Waals surface area contributed by atoms with Gasteiger partial charge >= 0.3 is 6.09 Å². The number of piperazine rings is 1. The van der Waals surface area contributed by atoms with E-state index in [1.54, 1.807) is 29.6 Å². The molecule has 0 saturated carbocycles. The van der Waals surface area contributed by atoms with Gasteiger partial charge in [-0.15, -0.1) is 0 Å². The van der Waals surface area contributed by atoms with Crippen molar-refractivity contribution < 1.29 is 9.53 Å². The van der Waals surface area contributed by atoms with Crippen molar-refractivity contribution in [2.45, 2.75) is 11.7 Å². The van der Waals surface area contributed by atoms with Crippen LogP contribution in [0, 0.1) is 0 Å². The molecule has 0 radical (unpaired) electrons. The summed E-state index contributed by atoms with van der Waals surface area (Å²) in [6, 6.07) is 7.45. The number of nitrogens with zero attached hydrogens (tertiary/aromatic N) is 5. The van der Waals surface area contributed by atoms with Crippen molar-refractivity contribution >= 4 is 18.7 Å². The number of amides is 1. The zero-order chi connectivity index (χ0) is 20.9. The second-order valence-electron chi connectivity index (χ2n) is 7.38. The lowest BCUT2D eigenvalue weighted by molar-refractivity contribution is 0.111. The zero-order valence-electron chi connectivity index (χ0n) is 16.9. The van der Waals surface area contributed by atoms with Gasteiger partial charge in [-0.1, -0.05) is 12.1 Å². The van der Waals surface area contributed by atoms with Gasteiger partial charge in [-0.3, -0.25) is 4.90 Å². The van der Waals surface area contributed by atoms with Crippen LogP contribution in [0.15, 0.2) is 49.2 Å². The van der Waals surface area contributed by atoms with Gasteiger partial charge in [0, 0.05) is 64.8 Å².